The van der Waals surface area contributed by atoms with E-state index < -0.39 is 7.14 Å². The highest BCUT2D eigenvalue weighted by Crippen LogP contribution is 2.42. The van der Waals surface area contributed by atoms with Crippen molar-refractivity contribution in [3.05, 3.63) is 60.7 Å². The van der Waals surface area contributed by atoms with Crippen molar-refractivity contribution < 1.29 is 9.30 Å². The molecule has 250 valence electrons. The number of methoxy groups -OCH3 is 1. The number of nitrogens with zero attached hydrogens (tertiary/aromatic N) is 7. The molecule has 0 radical (unpaired) electrons. The molecule has 1 aliphatic rings. The summed E-state index contributed by atoms with van der Waals surface area (Å²) in [4.78, 5) is 30.8. The van der Waals surface area contributed by atoms with Gasteiger partial charge in [-0.1, -0.05) is 0 Å². The summed E-state index contributed by atoms with van der Waals surface area (Å²) in [6.07, 6.45) is 8.37. The number of hydrogen-bond acceptors (Lipinski definition) is 12. The van der Waals surface area contributed by atoms with Gasteiger partial charge in [0, 0.05) is 86.1 Å². The summed E-state index contributed by atoms with van der Waals surface area (Å²) < 4.78 is 19.5. The Bertz CT molecular complexity index is 2070. The van der Waals surface area contributed by atoms with Crippen LogP contribution in [0.5, 0.6) is 5.75 Å². The van der Waals surface area contributed by atoms with Gasteiger partial charge < -0.3 is 35.6 Å². The summed E-state index contributed by atoms with van der Waals surface area (Å²) in [5.41, 5.74) is 12.0. The minimum Gasteiger partial charge on any atom is -0.494 e. The van der Waals surface area contributed by atoms with E-state index in [2.05, 4.69) is 61.3 Å². The van der Waals surface area contributed by atoms with E-state index in [4.69, 9.17) is 20.4 Å². The van der Waals surface area contributed by atoms with Gasteiger partial charge in [-0.15, -0.1) is 0 Å². The summed E-state index contributed by atoms with van der Waals surface area (Å²) >= 11 is 0. The number of nitrogens with one attached hydrogen (secondary N) is 3. The third-order valence-corrected chi connectivity index (χ3v) is 10.4. The quantitative estimate of drug-likeness (QED) is 0.121. The minimum absolute atomic E-state index is 0.326. The first-order valence-electron chi connectivity index (χ1n) is 15.7. The molecule has 6 rings (SSSR count). The van der Waals surface area contributed by atoms with Crippen molar-refractivity contribution in [1.29, 1.82) is 0 Å². The average Bonchev–Trinajstić information content (AvgIpc) is 3.54. The molecule has 0 unspecified atom stereocenters. The van der Waals surface area contributed by atoms with Crippen LogP contribution in [0.15, 0.2) is 60.1 Å². The Morgan fingerprint density at radius 1 is 1.08 bits per heavy atom. The first-order chi connectivity index (χ1) is 23.0. The molecule has 0 bridgehead atoms. The summed E-state index contributed by atoms with van der Waals surface area (Å²) in [6.45, 7) is 9.61. The third-order valence-electron chi connectivity index (χ3n) is 8.84. The number of benzene rings is 2. The van der Waals surface area contributed by atoms with Crippen LogP contribution >= 0.6 is 7.14 Å². The average molecular weight is 668 g/mol. The van der Waals surface area contributed by atoms with Crippen molar-refractivity contribution in [1.82, 2.24) is 29.8 Å². The molecule has 4 heterocycles. The highest BCUT2D eigenvalue weighted by Gasteiger charge is 2.29. The van der Waals surface area contributed by atoms with Crippen molar-refractivity contribution in [2.75, 3.05) is 63.2 Å². The number of anilines is 5. The molecule has 0 amide bonds. The van der Waals surface area contributed by atoms with Crippen LogP contribution in [0, 0.1) is 0 Å². The topological polar surface area (TPSA) is 163 Å². The summed E-state index contributed by atoms with van der Waals surface area (Å²) in [7, 11) is 2.74. The van der Waals surface area contributed by atoms with Gasteiger partial charge in [-0.25, -0.2) is 0 Å². The summed E-state index contributed by atoms with van der Waals surface area (Å²) in [5, 5.41) is 8.21. The first-order valence-corrected chi connectivity index (χ1v) is 18.3. The van der Waals surface area contributed by atoms with Gasteiger partial charge in [0.15, 0.2) is 0 Å². The number of H-pyrrole nitrogens is 1. The van der Waals surface area contributed by atoms with Gasteiger partial charge in [-0.05, 0) is 58.5 Å². The van der Waals surface area contributed by atoms with Gasteiger partial charge >= 0.3 is 0 Å². The second-order valence-electron chi connectivity index (χ2n) is 12.5. The monoisotopic (exact) mass is 667 g/mol. The van der Waals surface area contributed by atoms with Gasteiger partial charge in [-0.2, -0.15) is 9.97 Å². The van der Waals surface area contributed by atoms with E-state index in [0.29, 0.717) is 63.0 Å². The van der Waals surface area contributed by atoms with E-state index in [0.717, 1.165) is 35.3 Å². The van der Waals surface area contributed by atoms with Crippen LogP contribution < -0.4 is 31.3 Å². The van der Waals surface area contributed by atoms with Crippen molar-refractivity contribution in [3.63, 3.8) is 0 Å². The molecule has 2 atom stereocenters. The maximum Gasteiger partial charge on any atom is 0.231 e. The maximum atomic E-state index is 13.6. The lowest BCUT2D eigenvalue weighted by molar-refractivity contribution is 0.170. The molecular formula is C34H42N11O2P. The molecular weight excluding hydrogens is 625 g/mol. The number of ether oxygens (including phenoxy) is 1. The number of aromatic nitrogens is 5. The molecule has 0 spiro atoms. The van der Waals surface area contributed by atoms with Crippen LogP contribution in [0.3, 0.4) is 0 Å². The Morgan fingerprint density at radius 3 is 2.52 bits per heavy atom. The maximum absolute atomic E-state index is 13.6. The second-order valence-corrected chi connectivity index (χ2v) is 15.6. The number of hydrogen-bond donors (Lipinski definition) is 4. The molecule has 0 saturated carbocycles. The Balaban J connectivity index is 1.44. The smallest absolute Gasteiger partial charge is 0.231 e. The predicted molar refractivity (Wildman–Crippen MR) is 198 cm³/mol. The summed E-state index contributed by atoms with van der Waals surface area (Å²) in [6, 6.07) is 10.4. The SMILES string of the molecule is CN=CC(=CN)c1cc(Nc2nc(Nc3ccc4nccnc4c3P(C)(C)=O)c3cc[nH]c3n2)c(OC)cc1N1C[C@@H](C)N(C)[C@@H](C)C1. The minimum atomic E-state index is -2.79. The number of aliphatic imine (C=N–C) groups is 1. The lowest BCUT2D eigenvalue weighted by Crippen LogP contribution is -2.55. The number of piperazine rings is 1. The zero-order valence-corrected chi connectivity index (χ0v) is 29.2. The molecule has 2 aromatic carbocycles. The zero-order chi connectivity index (χ0) is 34.2. The van der Waals surface area contributed by atoms with Crippen molar-refractivity contribution in [2.45, 2.75) is 25.9 Å². The largest absolute Gasteiger partial charge is 0.494 e. The van der Waals surface area contributed by atoms with E-state index in [9.17, 15) is 4.57 Å². The van der Waals surface area contributed by atoms with E-state index in [1.807, 2.05) is 30.3 Å². The molecule has 3 aromatic heterocycles. The standard InChI is InChI=1S/C34H42N11O2P/c1-20-18-45(19-21(2)44(20)4)28-15-29(47-5)27(14-24(28)22(16-35)17-36-3)41-34-42-32-23(10-11-39-32)33(43-34)40-26-9-8-25-30(38-13-12-37-25)31(26)48(6,7)46/h8-17,20-21H,18-19,35H2,1-7H3,(H3,39,40,41,42,43)/t20-,21+. The molecule has 1 saturated heterocycles. The van der Waals surface area contributed by atoms with Gasteiger partial charge in [0.2, 0.25) is 5.95 Å². The molecule has 0 aliphatic carbocycles. The van der Waals surface area contributed by atoms with E-state index in [-0.39, 0.29) is 0 Å². The molecule has 5 aromatic rings. The number of rotatable bonds is 9. The van der Waals surface area contributed by atoms with Gasteiger partial charge in [0.1, 0.15) is 29.9 Å². The van der Waals surface area contributed by atoms with Crippen LogP contribution in [-0.4, -0.2) is 95.7 Å². The number of nitrogens with two attached hydrogens (primary N) is 1. The lowest BCUT2D eigenvalue weighted by atomic mass is 10.00. The number of fused-ring (bicyclic) bond motifs is 2. The fraction of sp³-hybridized carbons (Fsp3) is 0.324. The van der Waals surface area contributed by atoms with Crippen molar-refractivity contribution in [3.8, 4) is 5.75 Å². The Labute approximate surface area is 280 Å². The van der Waals surface area contributed by atoms with E-state index in [1.165, 1.54) is 0 Å². The zero-order valence-electron chi connectivity index (χ0n) is 28.3. The van der Waals surface area contributed by atoms with Gasteiger partial charge in [-0.3, -0.25) is 19.9 Å². The third kappa shape index (κ3) is 6.31. The number of aromatic amines is 1. The van der Waals surface area contributed by atoms with Crippen LogP contribution in [-0.2, 0) is 4.57 Å². The van der Waals surface area contributed by atoms with Crippen LogP contribution in [0.4, 0.5) is 28.8 Å². The first kappa shape index (κ1) is 32.9. The van der Waals surface area contributed by atoms with Gasteiger partial charge in [0.05, 0.1) is 34.7 Å². The predicted octanol–water partition coefficient (Wildman–Crippen LogP) is 5.17. The molecule has 13 nitrogen and oxygen atoms in total. The van der Waals surface area contributed by atoms with Crippen LogP contribution in [0.2, 0.25) is 0 Å². The van der Waals surface area contributed by atoms with Gasteiger partial charge in [0.25, 0.3) is 0 Å². The Kier molecular flexibility index (Phi) is 9.09. The fourth-order valence-electron chi connectivity index (χ4n) is 6.28. The lowest BCUT2D eigenvalue weighted by Gasteiger charge is -2.44. The molecule has 1 aliphatic heterocycles. The van der Waals surface area contributed by atoms with Crippen LogP contribution in [0.25, 0.3) is 27.6 Å². The number of likely N-dealkylation sites (N-methyl/N-ethyl adjacent to an activating group) is 1. The fourth-order valence-corrected chi connectivity index (χ4v) is 7.67. The Morgan fingerprint density at radius 2 is 1.83 bits per heavy atom. The molecule has 48 heavy (non-hydrogen) atoms. The highest BCUT2D eigenvalue weighted by molar-refractivity contribution is 7.71. The highest BCUT2D eigenvalue weighted by atomic mass is 31.2. The van der Waals surface area contributed by atoms with E-state index in [1.54, 1.807) is 58.5 Å². The number of allylic oxidation sites excluding steroid dienone is 1. The molecule has 14 heteroatoms. The molecule has 1 fully saturated rings. The molecule has 5 N–H and O–H groups in total. The van der Waals surface area contributed by atoms with Crippen LogP contribution in [0.1, 0.15) is 19.4 Å². The second kappa shape index (κ2) is 13.2. The van der Waals surface area contributed by atoms with Crippen molar-refractivity contribution in [2.24, 2.45) is 10.7 Å². The summed E-state index contributed by atoms with van der Waals surface area (Å²) in [5.74, 6) is 1.47. The normalized spacial score (nSPS) is 17.8. The Hall–Kier alpha value is -5.00. The van der Waals surface area contributed by atoms with Crippen molar-refractivity contribution >= 4 is 75.1 Å². The van der Waals surface area contributed by atoms with E-state index >= 15 is 0 Å².